The molecule has 0 bridgehead atoms. The van der Waals surface area contributed by atoms with E-state index in [4.69, 9.17) is 4.74 Å². The van der Waals surface area contributed by atoms with Crippen LogP contribution in [0.1, 0.15) is 26.7 Å². The largest absolute Gasteiger partial charge is 0.453 e. The second-order valence-corrected chi connectivity index (χ2v) is 9.52. The van der Waals surface area contributed by atoms with E-state index in [1.165, 1.54) is 10.6 Å². The van der Waals surface area contributed by atoms with Gasteiger partial charge in [0.05, 0.1) is 0 Å². The van der Waals surface area contributed by atoms with Gasteiger partial charge < -0.3 is 4.74 Å². The molecule has 2 aromatic carbocycles. The highest BCUT2D eigenvalue weighted by atomic mass is 31.1. The molecular weight excluding hydrogens is 387 g/mol. The van der Waals surface area contributed by atoms with Crippen LogP contribution < -0.4 is 10.6 Å². The standard InChI is InChI=1S/C27H29O2P/c1-5-20(3)26(21(4)6-2)29-27(28)24-18-13-19-25(24)30(22-14-9-7-10-15-22)23-16-11-8-12-17-23/h7-19,24,26H,3-6H2,1-2H3. The third kappa shape index (κ3) is 4.89. The molecule has 0 spiro atoms. The van der Waals surface area contributed by atoms with Crippen molar-refractivity contribution in [1.82, 2.24) is 0 Å². The number of rotatable bonds is 9. The second-order valence-electron chi connectivity index (χ2n) is 7.30. The summed E-state index contributed by atoms with van der Waals surface area (Å²) in [6, 6.07) is 20.8. The Morgan fingerprint density at radius 3 is 1.90 bits per heavy atom. The molecule has 0 saturated heterocycles. The van der Waals surface area contributed by atoms with Crippen molar-refractivity contribution in [2.45, 2.75) is 32.8 Å². The summed E-state index contributed by atoms with van der Waals surface area (Å²) in [7, 11) is -0.834. The number of hydrogen-bond acceptors (Lipinski definition) is 2. The summed E-state index contributed by atoms with van der Waals surface area (Å²) >= 11 is 0. The van der Waals surface area contributed by atoms with E-state index in [9.17, 15) is 4.79 Å². The van der Waals surface area contributed by atoms with Gasteiger partial charge in [0, 0.05) is 0 Å². The van der Waals surface area contributed by atoms with Gasteiger partial charge in [0.2, 0.25) is 0 Å². The summed E-state index contributed by atoms with van der Waals surface area (Å²) in [5, 5.41) is 3.54. The molecule has 0 saturated carbocycles. The Hall–Kier alpha value is -2.70. The Kier molecular flexibility index (Phi) is 7.60. The highest BCUT2D eigenvalue weighted by molar-refractivity contribution is 7.76. The molecule has 0 heterocycles. The molecule has 3 rings (SSSR count). The molecule has 3 heteroatoms. The van der Waals surface area contributed by atoms with E-state index in [-0.39, 0.29) is 5.97 Å². The van der Waals surface area contributed by atoms with Gasteiger partial charge in [-0.25, -0.2) is 0 Å². The van der Waals surface area contributed by atoms with Gasteiger partial charge in [0.25, 0.3) is 0 Å². The van der Waals surface area contributed by atoms with Gasteiger partial charge in [-0.05, 0) is 47.8 Å². The maximum absolute atomic E-state index is 13.3. The molecule has 154 valence electrons. The minimum absolute atomic E-state index is 0.233. The van der Waals surface area contributed by atoms with Crippen molar-refractivity contribution in [2.24, 2.45) is 5.92 Å². The molecule has 0 aromatic heterocycles. The maximum atomic E-state index is 13.3. The number of esters is 1. The first kappa shape index (κ1) is 22.0. The van der Waals surface area contributed by atoms with E-state index >= 15 is 0 Å². The topological polar surface area (TPSA) is 26.3 Å². The molecule has 2 nitrogen and oxygen atoms in total. The van der Waals surface area contributed by atoms with Crippen LogP contribution in [-0.4, -0.2) is 12.1 Å². The zero-order valence-electron chi connectivity index (χ0n) is 17.8. The van der Waals surface area contributed by atoms with E-state index in [0.717, 1.165) is 29.3 Å². The van der Waals surface area contributed by atoms with Crippen molar-refractivity contribution in [3.8, 4) is 0 Å². The first-order chi connectivity index (χ1) is 14.6. The highest BCUT2D eigenvalue weighted by Crippen LogP contribution is 2.49. The van der Waals surface area contributed by atoms with Crippen LogP contribution in [0.15, 0.2) is 109 Å². The van der Waals surface area contributed by atoms with Crippen LogP contribution in [-0.2, 0) is 9.53 Å². The van der Waals surface area contributed by atoms with Crippen LogP contribution >= 0.6 is 7.92 Å². The Balaban J connectivity index is 1.92. The summed E-state index contributed by atoms with van der Waals surface area (Å²) in [5.74, 6) is -0.628. The lowest BCUT2D eigenvalue weighted by Crippen LogP contribution is -2.27. The molecule has 0 aliphatic heterocycles. The molecule has 30 heavy (non-hydrogen) atoms. The van der Waals surface area contributed by atoms with Gasteiger partial charge in [0.1, 0.15) is 12.0 Å². The summed E-state index contributed by atoms with van der Waals surface area (Å²) in [4.78, 5) is 13.3. The Bertz CT molecular complexity index is 901. The highest BCUT2D eigenvalue weighted by Gasteiger charge is 2.33. The maximum Gasteiger partial charge on any atom is 0.318 e. The number of carbonyl (C=O) groups excluding carboxylic acids is 1. The van der Waals surface area contributed by atoms with Crippen molar-refractivity contribution in [3.05, 3.63) is 109 Å². The molecule has 1 atom stereocenters. The number of ether oxygens (including phenoxy) is 1. The van der Waals surface area contributed by atoms with Crippen LogP contribution in [0, 0.1) is 5.92 Å². The number of allylic oxidation sites excluding steroid dienone is 2. The molecule has 0 N–H and O–H groups in total. The Labute approximate surface area is 181 Å². The average molecular weight is 417 g/mol. The lowest BCUT2D eigenvalue weighted by atomic mass is 10.00. The van der Waals surface area contributed by atoms with Crippen molar-refractivity contribution in [3.63, 3.8) is 0 Å². The fourth-order valence-corrected chi connectivity index (χ4v) is 6.04. The SMILES string of the molecule is C=C(CC)C(OC(=O)C1C=CC=C1P(c1ccccc1)c1ccccc1)C(=C)CC. The molecule has 0 radical (unpaired) electrons. The number of carbonyl (C=O) groups is 1. The van der Waals surface area contributed by atoms with Gasteiger partial charge in [-0.15, -0.1) is 0 Å². The van der Waals surface area contributed by atoms with E-state index in [2.05, 4.69) is 67.8 Å². The second kappa shape index (κ2) is 10.4. The van der Waals surface area contributed by atoms with Crippen LogP contribution in [0.2, 0.25) is 0 Å². The lowest BCUT2D eigenvalue weighted by molar-refractivity contribution is -0.147. The van der Waals surface area contributed by atoms with Crippen molar-refractivity contribution in [1.29, 1.82) is 0 Å². The van der Waals surface area contributed by atoms with Gasteiger partial charge in [-0.1, -0.05) is 106 Å². The van der Waals surface area contributed by atoms with Crippen LogP contribution in [0.4, 0.5) is 0 Å². The quantitative estimate of drug-likeness (QED) is 0.283. The molecule has 0 fully saturated rings. The van der Waals surface area contributed by atoms with Crippen LogP contribution in [0.3, 0.4) is 0 Å². The van der Waals surface area contributed by atoms with Crippen LogP contribution in [0.25, 0.3) is 0 Å². The molecule has 1 aliphatic carbocycles. The fourth-order valence-electron chi connectivity index (χ4n) is 3.50. The van der Waals surface area contributed by atoms with Gasteiger partial charge in [0.15, 0.2) is 0 Å². The molecule has 2 aromatic rings. The first-order valence-electron chi connectivity index (χ1n) is 10.4. The summed E-state index contributed by atoms with van der Waals surface area (Å²) in [5.41, 5.74) is 1.77. The van der Waals surface area contributed by atoms with Crippen molar-refractivity contribution < 1.29 is 9.53 Å². The average Bonchev–Trinajstić information content (AvgIpc) is 3.27. The normalized spacial score (nSPS) is 15.3. The summed E-state index contributed by atoms with van der Waals surface area (Å²) < 4.78 is 5.97. The zero-order chi connectivity index (χ0) is 21.5. The van der Waals surface area contributed by atoms with E-state index < -0.39 is 19.9 Å². The Morgan fingerprint density at radius 2 is 1.43 bits per heavy atom. The van der Waals surface area contributed by atoms with Gasteiger partial charge in [-0.2, -0.15) is 0 Å². The monoisotopic (exact) mass is 416 g/mol. The lowest BCUT2D eigenvalue weighted by Gasteiger charge is -2.27. The third-order valence-electron chi connectivity index (χ3n) is 5.31. The van der Waals surface area contributed by atoms with E-state index in [0.29, 0.717) is 0 Å². The zero-order valence-corrected chi connectivity index (χ0v) is 18.6. The van der Waals surface area contributed by atoms with E-state index in [1.807, 2.05) is 38.1 Å². The summed E-state index contributed by atoms with van der Waals surface area (Å²) in [6.45, 7) is 12.3. The minimum atomic E-state index is -0.834. The molecular formula is C27H29O2P. The molecule has 1 unspecified atom stereocenters. The smallest absolute Gasteiger partial charge is 0.318 e. The predicted molar refractivity (Wildman–Crippen MR) is 129 cm³/mol. The summed E-state index contributed by atoms with van der Waals surface area (Å²) in [6.07, 6.45) is 7.07. The predicted octanol–water partition coefficient (Wildman–Crippen LogP) is 6.03. The number of hydrogen-bond donors (Lipinski definition) is 0. The van der Waals surface area contributed by atoms with Gasteiger partial charge in [-0.3, -0.25) is 4.79 Å². The minimum Gasteiger partial charge on any atom is -0.453 e. The van der Waals surface area contributed by atoms with Gasteiger partial charge >= 0.3 is 5.97 Å². The third-order valence-corrected chi connectivity index (χ3v) is 7.89. The molecule has 0 amide bonds. The molecule has 1 aliphatic rings. The number of benzene rings is 2. The fraction of sp³-hybridized carbons (Fsp3) is 0.222. The van der Waals surface area contributed by atoms with Crippen molar-refractivity contribution >= 4 is 24.5 Å². The Morgan fingerprint density at radius 1 is 0.933 bits per heavy atom. The van der Waals surface area contributed by atoms with E-state index in [1.54, 1.807) is 0 Å². The van der Waals surface area contributed by atoms with Crippen molar-refractivity contribution in [2.75, 3.05) is 0 Å². The van der Waals surface area contributed by atoms with Crippen LogP contribution in [0.5, 0.6) is 0 Å². The first-order valence-corrected chi connectivity index (χ1v) is 11.7.